The molecule has 6 nitrogen and oxygen atoms in total. The van der Waals surface area contributed by atoms with Crippen LogP contribution in [0.15, 0.2) is 39.8 Å². The second-order valence-electron chi connectivity index (χ2n) is 5.96. The average molecular weight is 372 g/mol. The van der Waals surface area contributed by atoms with Crippen molar-refractivity contribution in [1.29, 1.82) is 0 Å². The molecule has 0 aliphatic carbocycles. The number of piperazine rings is 1. The van der Waals surface area contributed by atoms with Crippen molar-refractivity contribution < 1.29 is 12.9 Å². The molecule has 1 aliphatic heterocycles. The van der Waals surface area contributed by atoms with Crippen molar-refractivity contribution in [3.05, 3.63) is 47.3 Å². The van der Waals surface area contributed by atoms with Gasteiger partial charge in [0.1, 0.15) is 10.6 Å². The van der Waals surface area contributed by atoms with Gasteiger partial charge in [-0.05, 0) is 26.5 Å². The number of aryl methyl sites for hydroxylation is 2. The van der Waals surface area contributed by atoms with Crippen LogP contribution < -0.4 is 0 Å². The maximum absolute atomic E-state index is 13.2. The predicted molar refractivity (Wildman–Crippen MR) is 93.8 cm³/mol. The molecule has 0 spiro atoms. The predicted octanol–water partition coefficient (Wildman–Crippen LogP) is 2.39. The van der Waals surface area contributed by atoms with Crippen molar-refractivity contribution in [3.8, 4) is 0 Å². The number of benzene rings is 1. The summed E-state index contributed by atoms with van der Waals surface area (Å²) in [5.41, 5.74) is 1.41. The Labute approximate surface area is 148 Å². The number of nitrogens with zero attached hydrogens (tertiary/aromatic N) is 3. The van der Waals surface area contributed by atoms with Crippen LogP contribution in [0.2, 0.25) is 0 Å². The van der Waals surface area contributed by atoms with E-state index in [4.69, 9.17) is 4.52 Å². The zero-order valence-electron chi connectivity index (χ0n) is 14.0. The van der Waals surface area contributed by atoms with Crippen LogP contribution in [-0.4, -0.2) is 49.5 Å². The van der Waals surface area contributed by atoms with E-state index in [1.54, 1.807) is 18.2 Å². The molecular formula is C16H22ClN3O3S. The Morgan fingerprint density at radius 3 is 2.42 bits per heavy atom. The van der Waals surface area contributed by atoms with E-state index >= 15 is 0 Å². The number of hydrogen-bond acceptors (Lipinski definition) is 5. The normalized spacial score (nSPS) is 19.9. The first kappa shape index (κ1) is 18.9. The lowest BCUT2D eigenvalue weighted by Gasteiger charge is -2.39. The minimum atomic E-state index is -3.65. The lowest BCUT2D eigenvalue weighted by molar-refractivity contribution is 0.160. The molecular weight excluding hydrogens is 350 g/mol. The van der Waals surface area contributed by atoms with Crippen LogP contribution >= 0.6 is 12.4 Å². The fourth-order valence-electron chi connectivity index (χ4n) is 3.10. The Morgan fingerprint density at radius 1 is 1.17 bits per heavy atom. The highest BCUT2D eigenvalue weighted by molar-refractivity contribution is 7.89. The highest BCUT2D eigenvalue weighted by Crippen LogP contribution is 2.33. The number of aromatic nitrogens is 1. The number of sulfonamides is 1. The lowest BCUT2D eigenvalue weighted by atomic mass is 10.1. The second kappa shape index (κ2) is 7.23. The summed E-state index contributed by atoms with van der Waals surface area (Å²) in [5.74, 6) is 0.341. The van der Waals surface area contributed by atoms with E-state index in [1.165, 1.54) is 0 Å². The van der Waals surface area contributed by atoms with Crippen molar-refractivity contribution in [2.45, 2.75) is 24.8 Å². The Morgan fingerprint density at radius 2 is 1.83 bits per heavy atom. The molecule has 132 valence electrons. The molecule has 1 aromatic carbocycles. The molecule has 1 aliphatic rings. The largest absolute Gasteiger partial charge is 0.360 e. The van der Waals surface area contributed by atoms with E-state index in [9.17, 15) is 8.42 Å². The molecule has 2 heterocycles. The molecule has 3 rings (SSSR count). The molecule has 0 radical (unpaired) electrons. The summed E-state index contributed by atoms with van der Waals surface area (Å²) in [7, 11) is -1.64. The van der Waals surface area contributed by atoms with Gasteiger partial charge in [0.2, 0.25) is 10.0 Å². The van der Waals surface area contributed by atoms with Gasteiger partial charge in [0.15, 0.2) is 5.76 Å². The van der Waals surface area contributed by atoms with Gasteiger partial charge in [-0.25, -0.2) is 8.42 Å². The van der Waals surface area contributed by atoms with Crippen molar-refractivity contribution in [2.24, 2.45) is 0 Å². The molecule has 24 heavy (non-hydrogen) atoms. The van der Waals surface area contributed by atoms with Crippen LogP contribution in [0.5, 0.6) is 0 Å². The Bertz CT molecular complexity index is 773. The highest BCUT2D eigenvalue weighted by Gasteiger charge is 2.38. The molecule has 1 fully saturated rings. The van der Waals surface area contributed by atoms with Gasteiger partial charge in [-0.1, -0.05) is 35.5 Å². The van der Waals surface area contributed by atoms with Gasteiger partial charge in [-0.15, -0.1) is 12.4 Å². The SMILES string of the molecule is Cc1noc(C)c1S(=O)(=O)N1CCN(C)CC1c1ccccc1.Cl. The minimum absolute atomic E-state index is 0. The van der Waals surface area contributed by atoms with Crippen LogP contribution in [0.1, 0.15) is 23.1 Å². The number of halogens is 1. The van der Waals surface area contributed by atoms with Crippen LogP contribution in [0.3, 0.4) is 0 Å². The van der Waals surface area contributed by atoms with E-state index < -0.39 is 10.0 Å². The van der Waals surface area contributed by atoms with Gasteiger partial charge in [0.25, 0.3) is 0 Å². The van der Waals surface area contributed by atoms with Crippen LogP contribution in [0, 0.1) is 13.8 Å². The van der Waals surface area contributed by atoms with E-state index in [2.05, 4.69) is 10.1 Å². The molecule has 1 unspecified atom stereocenters. The van der Waals surface area contributed by atoms with Crippen LogP contribution in [-0.2, 0) is 10.0 Å². The Balaban J connectivity index is 0.00000208. The van der Waals surface area contributed by atoms with E-state index in [-0.39, 0.29) is 23.3 Å². The van der Waals surface area contributed by atoms with Gasteiger partial charge in [0, 0.05) is 19.6 Å². The van der Waals surface area contributed by atoms with Gasteiger partial charge < -0.3 is 9.42 Å². The van der Waals surface area contributed by atoms with Gasteiger partial charge in [0.05, 0.1) is 6.04 Å². The Hall–Kier alpha value is -1.41. The maximum atomic E-state index is 13.2. The summed E-state index contributed by atoms with van der Waals surface area (Å²) in [6.07, 6.45) is 0. The molecule has 8 heteroatoms. The molecule has 0 amide bonds. The summed E-state index contributed by atoms with van der Waals surface area (Å²) >= 11 is 0. The number of rotatable bonds is 3. The van der Waals surface area contributed by atoms with Crippen molar-refractivity contribution in [2.75, 3.05) is 26.7 Å². The monoisotopic (exact) mass is 371 g/mol. The first-order valence-corrected chi connectivity index (χ1v) is 9.03. The summed E-state index contributed by atoms with van der Waals surface area (Å²) in [6.45, 7) is 5.11. The Kier molecular flexibility index (Phi) is 5.70. The summed E-state index contributed by atoms with van der Waals surface area (Å²) in [4.78, 5) is 2.35. The van der Waals surface area contributed by atoms with E-state index in [1.807, 2.05) is 37.4 Å². The average Bonchev–Trinajstić information content (AvgIpc) is 2.87. The molecule has 1 saturated heterocycles. The highest BCUT2D eigenvalue weighted by atomic mass is 35.5. The van der Waals surface area contributed by atoms with Crippen molar-refractivity contribution in [3.63, 3.8) is 0 Å². The van der Waals surface area contributed by atoms with Crippen LogP contribution in [0.4, 0.5) is 0 Å². The third-order valence-corrected chi connectivity index (χ3v) is 6.41. The van der Waals surface area contributed by atoms with Crippen molar-refractivity contribution >= 4 is 22.4 Å². The standard InChI is InChI=1S/C16H21N3O3S.ClH/c1-12-16(13(2)22-17-12)23(20,21)19-10-9-18(3)11-15(19)14-7-5-4-6-8-14;/h4-8,15H,9-11H2,1-3H3;1H. The summed E-state index contributed by atoms with van der Waals surface area (Å²) in [5, 5.41) is 3.80. The zero-order valence-corrected chi connectivity index (χ0v) is 15.6. The quantitative estimate of drug-likeness (QED) is 0.828. The van der Waals surface area contributed by atoms with Crippen LogP contribution in [0.25, 0.3) is 0 Å². The molecule has 1 aromatic heterocycles. The smallest absolute Gasteiger partial charge is 0.249 e. The fourth-order valence-corrected chi connectivity index (χ4v) is 4.99. The summed E-state index contributed by atoms with van der Waals surface area (Å²) in [6, 6.07) is 9.53. The third-order valence-electron chi connectivity index (χ3n) is 4.25. The molecule has 0 bridgehead atoms. The maximum Gasteiger partial charge on any atom is 0.249 e. The van der Waals surface area contributed by atoms with Crippen molar-refractivity contribution in [1.82, 2.24) is 14.4 Å². The van der Waals surface area contributed by atoms with E-state index in [0.717, 1.165) is 5.56 Å². The molecule has 0 saturated carbocycles. The first-order valence-electron chi connectivity index (χ1n) is 7.59. The fraction of sp³-hybridized carbons (Fsp3) is 0.438. The number of likely N-dealkylation sites (N-methyl/N-ethyl adjacent to an activating group) is 1. The van der Waals surface area contributed by atoms with Gasteiger partial charge >= 0.3 is 0 Å². The topological polar surface area (TPSA) is 66.7 Å². The third kappa shape index (κ3) is 3.35. The van der Waals surface area contributed by atoms with E-state index in [0.29, 0.717) is 31.1 Å². The van der Waals surface area contributed by atoms with Gasteiger partial charge in [-0.2, -0.15) is 4.31 Å². The minimum Gasteiger partial charge on any atom is -0.360 e. The first-order chi connectivity index (χ1) is 10.9. The molecule has 0 N–H and O–H groups in total. The summed E-state index contributed by atoms with van der Waals surface area (Å²) < 4.78 is 33.0. The lowest BCUT2D eigenvalue weighted by Crippen LogP contribution is -2.49. The second-order valence-corrected chi connectivity index (χ2v) is 7.79. The molecule has 1 atom stereocenters. The number of hydrogen-bond donors (Lipinski definition) is 0. The van der Waals surface area contributed by atoms with Gasteiger partial charge in [-0.3, -0.25) is 0 Å². The molecule has 2 aromatic rings. The zero-order chi connectivity index (χ0) is 16.6.